The summed E-state index contributed by atoms with van der Waals surface area (Å²) in [4.78, 5) is 7.91. The van der Waals surface area contributed by atoms with Crippen molar-refractivity contribution in [1.29, 1.82) is 0 Å². The van der Waals surface area contributed by atoms with E-state index in [1.54, 1.807) is 6.07 Å². The molecule has 0 radical (unpaired) electrons. The molecule has 1 heterocycles. The van der Waals surface area contributed by atoms with Gasteiger partial charge in [0.1, 0.15) is 11.6 Å². The topological polar surface area (TPSA) is 51.8 Å². The van der Waals surface area contributed by atoms with Gasteiger partial charge in [0.2, 0.25) is 0 Å². The monoisotopic (exact) mass is 221 g/mol. The molecule has 0 aliphatic carbocycles. The highest BCUT2D eigenvalue weighted by Crippen LogP contribution is 2.19. The lowest BCUT2D eigenvalue weighted by molar-refractivity contribution is 0.602. The van der Waals surface area contributed by atoms with Crippen molar-refractivity contribution in [2.75, 3.05) is 0 Å². The van der Waals surface area contributed by atoms with Crippen molar-refractivity contribution in [3.8, 4) is 11.4 Å². The Hall–Kier alpha value is -1.88. The lowest BCUT2D eigenvalue weighted by Gasteiger charge is -2.03. The van der Waals surface area contributed by atoms with Crippen LogP contribution in [0.4, 0.5) is 8.78 Å². The lowest BCUT2D eigenvalue weighted by atomic mass is 10.2. The Labute approximate surface area is 91.0 Å². The van der Waals surface area contributed by atoms with Gasteiger partial charge in [-0.15, -0.1) is 0 Å². The number of nitrogens with zero attached hydrogens (tertiary/aromatic N) is 2. The first-order chi connectivity index (χ1) is 7.70. The van der Waals surface area contributed by atoms with Gasteiger partial charge in [0, 0.05) is 12.7 Å². The molecule has 0 amide bonds. The van der Waals surface area contributed by atoms with Crippen molar-refractivity contribution >= 4 is 0 Å². The molecule has 3 nitrogen and oxygen atoms in total. The first-order valence-electron chi connectivity index (χ1n) is 4.68. The fourth-order valence-electron chi connectivity index (χ4n) is 1.31. The number of halogens is 2. The normalized spacial score (nSPS) is 10.4. The van der Waals surface area contributed by atoms with Crippen molar-refractivity contribution in [2.24, 2.45) is 5.73 Å². The molecule has 0 bridgehead atoms. The van der Waals surface area contributed by atoms with Crippen LogP contribution in [0.5, 0.6) is 0 Å². The molecule has 16 heavy (non-hydrogen) atoms. The van der Waals surface area contributed by atoms with E-state index in [1.807, 2.05) is 0 Å². The molecule has 0 aliphatic rings. The Kier molecular flexibility index (Phi) is 2.87. The SMILES string of the molecule is NCc1ccnc(-c2cc(F)ccc2F)n1. The van der Waals surface area contributed by atoms with Gasteiger partial charge in [0.15, 0.2) is 5.82 Å². The highest BCUT2D eigenvalue weighted by molar-refractivity contribution is 5.55. The minimum atomic E-state index is -0.560. The third-order valence-electron chi connectivity index (χ3n) is 2.09. The molecule has 1 aromatic carbocycles. The summed E-state index contributed by atoms with van der Waals surface area (Å²) in [5, 5.41) is 0. The number of aromatic nitrogens is 2. The maximum Gasteiger partial charge on any atom is 0.162 e. The van der Waals surface area contributed by atoms with E-state index in [-0.39, 0.29) is 17.9 Å². The molecule has 0 aliphatic heterocycles. The van der Waals surface area contributed by atoms with Crippen LogP contribution in [0.25, 0.3) is 11.4 Å². The summed E-state index contributed by atoms with van der Waals surface area (Å²) < 4.78 is 26.4. The van der Waals surface area contributed by atoms with Gasteiger partial charge in [-0.2, -0.15) is 0 Å². The molecule has 0 spiro atoms. The quantitative estimate of drug-likeness (QED) is 0.842. The molecule has 0 atom stereocenters. The van der Waals surface area contributed by atoms with Gasteiger partial charge in [-0.3, -0.25) is 0 Å². The number of hydrogen-bond acceptors (Lipinski definition) is 3. The van der Waals surface area contributed by atoms with Crippen molar-refractivity contribution in [2.45, 2.75) is 6.54 Å². The Morgan fingerprint density at radius 3 is 2.75 bits per heavy atom. The number of nitrogens with two attached hydrogens (primary N) is 1. The van der Waals surface area contributed by atoms with Crippen molar-refractivity contribution in [3.63, 3.8) is 0 Å². The van der Waals surface area contributed by atoms with Crippen LogP contribution in [0.15, 0.2) is 30.5 Å². The standard InChI is InChI=1S/C11H9F2N3/c12-7-1-2-10(13)9(5-7)11-15-4-3-8(6-14)16-11/h1-5H,6,14H2. The van der Waals surface area contributed by atoms with Crippen LogP contribution < -0.4 is 5.73 Å². The predicted octanol–water partition coefficient (Wildman–Crippen LogP) is 1.88. The summed E-state index contributed by atoms with van der Waals surface area (Å²) in [6, 6.07) is 4.78. The van der Waals surface area contributed by atoms with E-state index in [9.17, 15) is 8.78 Å². The summed E-state index contributed by atoms with van der Waals surface area (Å²) in [5.41, 5.74) is 6.02. The summed E-state index contributed by atoms with van der Waals surface area (Å²) in [6.45, 7) is 0.229. The Balaban J connectivity index is 2.53. The Morgan fingerprint density at radius 1 is 1.19 bits per heavy atom. The fourth-order valence-corrected chi connectivity index (χ4v) is 1.31. The van der Waals surface area contributed by atoms with Crippen molar-refractivity contribution in [1.82, 2.24) is 9.97 Å². The summed E-state index contributed by atoms with van der Waals surface area (Å²) in [5.74, 6) is -0.950. The average molecular weight is 221 g/mol. The number of hydrogen-bond donors (Lipinski definition) is 1. The van der Waals surface area contributed by atoms with E-state index in [0.29, 0.717) is 5.69 Å². The molecular formula is C11H9F2N3. The van der Waals surface area contributed by atoms with E-state index < -0.39 is 11.6 Å². The molecule has 2 N–H and O–H groups in total. The highest BCUT2D eigenvalue weighted by Gasteiger charge is 2.09. The molecule has 82 valence electrons. The largest absolute Gasteiger partial charge is 0.325 e. The molecule has 1 aromatic heterocycles. The van der Waals surface area contributed by atoms with E-state index in [1.165, 1.54) is 6.20 Å². The fraction of sp³-hybridized carbons (Fsp3) is 0.0909. The van der Waals surface area contributed by atoms with Gasteiger partial charge >= 0.3 is 0 Å². The van der Waals surface area contributed by atoms with E-state index >= 15 is 0 Å². The van der Waals surface area contributed by atoms with Gasteiger partial charge in [-0.25, -0.2) is 18.7 Å². The smallest absolute Gasteiger partial charge is 0.162 e. The van der Waals surface area contributed by atoms with Gasteiger partial charge in [0.25, 0.3) is 0 Å². The summed E-state index contributed by atoms with van der Waals surface area (Å²) in [6.07, 6.45) is 1.47. The highest BCUT2D eigenvalue weighted by atomic mass is 19.1. The first kappa shape index (κ1) is 10.6. The molecule has 5 heteroatoms. The van der Waals surface area contributed by atoms with Crippen LogP contribution in [0, 0.1) is 11.6 Å². The minimum absolute atomic E-state index is 0.0373. The van der Waals surface area contributed by atoms with Crippen LogP contribution in [-0.2, 0) is 6.54 Å². The maximum absolute atomic E-state index is 13.4. The van der Waals surface area contributed by atoms with E-state index in [2.05, 4.69) is 9.97 Å². The lowest BCUT2D eigenvalue weighted by Crippen LogP contribution is -2.02. The summed E-state index contributed by atoms with van der Waals surface area (Å²) in [7, 11) is 0. The van der Waals surface area contributed by atoms with Crippen LogP contribution >= 0.6 is 0 Å². The molecule has 0 fully saturated rings. The molecule has 2 aromatic rings. The zero-order valence-corrected chi connectivity index (χ0v) is 8.32. The van der Waals surface area contributed by atoms with Crippen molar-refractivity contribution < 1.29 is 8.78 Å². The molecular weight excluding hydrogens is 212 g/mol. The van der Waals surface area contributed by atoms with Gasteiger partial charge in [-0.1, -0.05) is 0 Å². The zero-order valence-electron chi connectivity index (χ0n) is 8.32. The average Bonchev–Trinajstić information content (AvgIpc) is 2.32. The third-order valence-corrected chi connectivity index (χ3v) is 2.09. The molecule has 0 saturated carbocycles. The maximum atomic E-state index is 13.4. The summed E-state index contributed by atoms with van der Waals surface area (Å²) >= 11 is 0. The van der Waals surface area contributed by atoms with Crippen LogP contribution in [0.2, 0.25) is 0 Å². The first-order valence-corrected chi connectivity index (χ1v) is 4.68. The second kappa shape index (κ2) is 4.32. The van der Waals surface area contributed by atoms with E-state index in [0.717, 1.165) is 18.2 Å². The second-order valence-corrected chi connectivity index (χ2v) is 3.20. The van der Waals surface area contributed by atoms with Crippen molar-refractivity contribution in [3.05, 3.63) is 47.8 Å². The molecule has 0 unspecified atom stereocenters. The van der Waals surface area contributed by atoms with E-state index in [4.69, 9.17) is 5.73 Å². The Morgan fingerprint density at radius 2 is 2.00 bits per heavy atom. The van der Waals surface area contributed by atoms with Gasteiger partial charge < -0.3 is 5.73 Å². The van der Waals surface area contributed by atoms with Gasteiger partial charge in [-0.05, 0) is 24.3 Å². The van der Waals surface area contributed by atoms with Crippen LogP contribution in [0.1, 0.15) is 5.69 Å². The zero-order chi connectivity index (χ0) is 11.5. The molecule has 0 saturated heterocycles. The second-order valence-electron chi connectivity index (χ2n) is 3.20. The number of benzene rings is 1. The predicted molar refractivity (Wildman–Crippen MR) is 55.3 cm³/mol. The number of rotatable bonds is 2. The molecule has 2 rings (SSSR count). The van der Waals surface area contributed by atoms with Crippen LogP contribution in [0.3, 0.4) is 0 Å². The minimum Gasteiger partial charge on any atom is -0.325 e. The van der Waals surface area contributed by atoms with Gasteiger partial charge in [0.05, 0.1) is 11.3 Å². The Bertz CT molecular complexity index is 514. The third kappa shape index (κ3) is 2.04. The van der Waals surface area contributed by atoms with Crippen LogP contribution in [-0.4, -0.2) is 9.97 Å².